The summed E-state index contributed by atoms with van der Waals surface area (Å²) in [5.41, 5.74) is 7.58. The highest BCUT2D eigenvalue weighted by molar-refractivity contribution is 14.1. The van der Waals surface area contributed by atoms with E-state index in [0.29, 0.717) is 23.7 Å². The lowest BCUT2D eigenvalue weighted by atomic mass is 9.84. The summed E-state index contributed by atoms with van der Waals surface area (Å²) in [5, 5.41) is 0. The van der Waals surface area contributed by atoms with Crippen LogP contribution in [0.25, 0.3) is 0 Å². The minimum absolute atomic E-state index is 0.361. The van der Waals surface area contributed by atoms with Crippen LogP contribution in [0.4, 0.5) is 0 Å². The molecular formula is C34H46I4O3. The third-order valence-electron chi connectivity index (χ3n) is 8.47. The van der Waals surface area contributed by atoms with Gasteiger partial charge in [-0.15, -0.1) is 0 Å². The summed E-state index contributed by atoms with van der Waals surface area (Å²) in [4.78, 5) is 0. The van der Waals surface area contributed by atoms with E-state index in [2.05, 4.69) is 142 Å². The Kier molecular flexibility index (Phi) is 14.4. The predicted octanol–water partition coefficient (Wildman–Crippen LogP) is 12.5. The Labute approximate surface area is 303 Å². The number of fused-ring (bicyclic) bond motifs is 6. The molecule has 2 heterocycles. The van der Waals surface area contributed by atoms with Gasteiger partial charge in [0.1, 0.15) is 11.5 Å². The first-order valence-electron chi connectivity index (χ1n) is 15.4. The molecule has 0 amide bonds. The number of benzene rings is 2. The summed E-state index contributed by atoms with van der Waals surface area (Å²) in [5.74, 6) is 3.82. The van der Waals surface area contributed by atoms with Crippen molar-refractivity contribution in [2.45, 2.75) is 115 Å². The molecule has 0 saturated heterocycles. The van der Waals surface area contributed by atoms with E-state index < -0.39 is 12.6 Å². The maximum Gasteiger partial charge on any atom is 0.233 e. The van der Waals surface area contributed by atoms with E-state index in [4.69, 9.17) is 14.2 Å². The van der Waals surface area contributed by atoms with Crippen molar-refractivity contribution in [3.05, 3.63) is 57.6 Å². The van der Waals surface area contributed by atoms with Gasteiger partial charge in [0.2, 0.25) is 12.6 Å². The van der Waals surface area contributed by atoms with Crippen LogP contribution >= 0.6 is 90.4 Å². The molecule has 2 bridgehead atoms. The number of ether oxygens (including phenoxy) is 3. The minimum Gasteiger partial charge on any atom is -0.459 e. The molecule has 2 aromatic rings. The fourth-order valence-electron chi connectivity index (χ4n) is 6.25. The van der Waals surface area contributed by atoms with Crippen molar-refractivity contribution in [2.24, 2.45) is 0 Å². The molecular weight excluding hydrogens is 964 g/mol. The topological polar surface area (TPSA) is 27.7 Å². The average Bonchev–Trinajstić information content (AvgIpc) is 2.96. The van der Waals surface area contributed by atoms with Crippen molar-refractivity contribution < 1.29 is 14.2 Å². The van der Waals surface area contributed by atoms with Crippen LogP contribution in [0.2, 0.25) is 0 Å². The standard InChI is InChI=1S/C34H46I4O3/c1-21(2)27-17-25(23(9-5-13-35)10-6-14-36)19-29-31(27)39-34-30-20-26(24(11-7-15-37)12-8-16-38)18-28(22(3)4)32(30)40-33(29)41-34/h17-24,33-34H,5-16H2,1-4H3. The van der Waals surface area contributed by atoms with Crippen molar-refractivity contribution in [1.82, 2.24) is 0 Å². The zero-order valence-electron chi connectivity index (χ0n) is 25.0. The first-order valence-corrected chi connectivity index (χ1v) is 21.5. The Morgan fingerprint density at radius 1 is 0.561 bits per heavy atom. The number of rotatable bonds is 16. The third kappa shape index (κ3) is 8.60. The monoisotopic (exact) mass is 1010 g/mol. The van der Waals surface area contributed by atoms with Crippen molar-refractivity contribution >= 4 is 90.4 Å². The van der Waals surface area contributed by atoms with E-state index in [1.165, 1.54) is 91.3 Å². The van der Waals surface area contributed by atoms with Gasteiger partial charge in [0.25, 0.3) is 0 Å². The fraction of sp³-hybridized carbons (Fsp3) is 0.647. The van der Waals surface area contributed by atoms with Gasteiger partial charge in [-0.3, -0.25) is 4.74 Å². The second-order valence-electron chi connectivity index (χ2n) is 12.1. The minimum atomic E-state index is -0.430. The van der Waals surface area contributed by atoms with Crippen LogP contribution in [0.5, 0.6) is 11.5 Å². The summed E-state index contributed by atoms with van der Waals surface area (Å²) >= 11 is 10.1. The van der Waals surface area contributed by atoms with Crippen LogP contribution in [-0.2, 0) is 4.74 Å². The van der Waals surface area contributed by atoms with E-state index in [-0.39, 0.29) is 0 Å². The van der Waals surface area contributed by atoms with Gasteiger partial charge in [0.15, 0.2) is 0 Å². The van der Waals surface area contributed by atoms with Gasteiger partial charge in [-0.05, 0) is 127 Å². The highest BCUT2D eigenvalue weighted by Crippen LogP contribution is 2.53. The molecule has 41 heavy (non-hydrogen) atoms. The molecule has 0 saturated carbocycles. The zero-order valence-corrected chi connectivity index (χ0v) is 33.6. The van der Waals surface area contributed by atoms with Gasteiger partial charge >= 0.3 is 0 Å². The third-order valence-corrected chi connectivity index (χ3v) is 11.5. The molecule has 4 rings (SSSR count). The number of hydrogen-bond acceptors (Lipinski definition) is 3. The summed E-state index contributed by atoms with van der Waals surface area (Å²) in [6, 6.07) is 9.59. The van der Waals surface area contributed by atoms with Crippen molar-refractivity contribution in [1.29, 1.82) is 0 Å². The van der Waals surface area contributed by atoms with Crippen LogP contribution in [0.1, 0.15) is 149 Å². The second-order valence-corrected chi connectivity index (χ2v) is 16.4. The van der Waals surface area contributed by atoms with E-state index in [0.717, 1.165) is 22.6 Å². The largest absolute Gasteiger partial charge is 0.459 e. The lowest BCUT2D eigenvalue weighted by molar-refractivity contribution is -0.228. The van der Waals surface area contributed by atoms with E-state index in [1.54, 1.807) is 0 Å². The average molecular weight is 1010 g/mol. The first-order chi connectivity index (χ1) is 19.8. The van der Waals surface area contributed by atoms with Crippen molar-refractivity contribution in [2.75, 3.05) is 17.7 Å². The molecule has 0 fully saturated rings. The molecule has 0 N–H and O–H groups in total. The maximum atomic E-state index is 6.84. The van der Waals surface area contributed by atoms with E-state index >= 15 is 0 Å². The van der Waals surface area contributed by atoms with Gasteiger partial charge in [-0.25, -0.2) is 0 Å². The lowest BCUT2D eigenvalue weighted by Crippen LogP contribution is -2.32. The normalized spacial score (nSPS) is 17.7. The van der Waals surface area contributed by atoms with Crippen molar-refractivity contribution in [3.8, 4) is 11.5 Å². The maximum absolute atomic E-state index is 6.84. The van der Waals surface area contributed by atoms with E-state index in [1.807, 2.05) is 0 Å². The summed E-state index contributed by atoms with van der Waals surface area (Å²) < 4.78 is 25.1. The Morgan fingerprint density at radius 2 is 0.902 bits per heavy atom. The van der Waals surface area contributed by atoms with Gasteiger partial charge in [0.05, 0.1) is 11.1 Å². The fourth-order valence-corrected chi connectivity index (χ4v) is 8.02. The van der Waals surface area contributed by atoms with Crippen molar-refractivity contribution in [3.63, 3.8) is 0 Å². The van der Waals surface area contributed by atoms with Crippen LogP contribution < -0.4 is 9.47 Å². The molecule has 2 aliphatic rings. The van der Waals surface area contributed by atoms with Crippen LogP contribution in [0.3, 0.4) is 0 Å². The summed E-state index contributed by atoms with van der Waals surface area (Å²) in [7, 11) is 0. The molecule has 0 spiro atoms. The number of halogens is 4. The second kappa shape index (κ2) is 17.0. The van der Waals surface area contributed by atoms with Crippen LogP contribution in [0.15, 0.2) is 24.3 Å². The molecule has 2 aliphatic heterocycles. The van der Waals surface area contributed by atoms with Gasteiger partial charge in [-0.1, -0.05) is 130 Å². The smallest absolute Gasteiger partial charge is 0.233 e. The van der Waals surface area contributed by atoms with E-state index in [9.17, 15) is 0 Å². The molecule has 2 aromatic carbocycles. The molecule has 2 unspecified atom stereocenters. The molecule has 0 aliphatic carbocycles. The quantitative estimate of drug-likeness (QED) is 0.124. The predicted molar refractivity (Wildman–Crippen MR) is 207 cm³/mol. The summed E-state index contributed by atoms with van der Waals surface area (Å²) in [6.45, 7) is 9.14. The molecule has 3 nitrogen and oxygen atoms in total. The molecule has 0 aromatic heterocycles. The Morgan fingerprint density at radius 3 is 1.20 bits per heavy atom. The van der Waals surface area contributed by atoms with Gasteiger partial charge < -0.3 is 9.47 Å². The Bertz CT molecular complexity index is 1030. The Hall–Kier alpha value is 0.920. The number of hydrogen-bond donors (Lipinski definition) is 0. The number of alkyl halides is 4. The highest BCUT2D eigenvalue weighted by atomic mass is 127. The SMILES string of the molecule is CC(C)c1cc(C(CCCI)CCCI)cc2c1OC1OC2Oc2c(C(C)C)cc(C(CCCI)CCCI)cc21. The van der Waals surface area contributed by atoms with Gasteiger partial charge in [0, 0.05) is 0 Å². The van der Waals surface area contributed by atoms with Crippen LogP contribution in [0, 0.1) is 0 Å². The van der Waals surface area contributed by atoms with Crippen LogP contribution in [-0.4, -0.2) is 17.7 Å². The van der Waals surface area contributed by atoms with Gasteiger partial charge in [-0.2, -0.15) is 0 Å². The molecule has 2 atom stereocenters. The Balaban J connectivity index is 1.76. The molecule has 0 radical (unpaired) electrons. The molecule has 228 valence electrons. The lowest BCUT2D eigenvalue weighted by Gasteiger charge is -2.41. The summed E-state index contributed by atoms with van der Waals surface area (Å²) in [6.07, 6.45) is 9.05. The molecule has 7 heteroatoms. The zero-order chi connectivity index (χ0) is 29.5. The first kappa shape index (κ1) is 34.8. The highest BCUT2D eigenvalue weighted by Gasteiger charge is 2.41.